The van der Waals surface area contributed by atoms with Crippen molar-refractivity contribution in [3.8, 4) is 0 Å². The molecule has 0 aromatic carbocycles. The van der Waals surface area contributed by atoms with Crippen LogP contribution in [0.5, 0.6) is 0 Å². The van der Waals surface area contributed by atoms with Gasteiger partial charge in [-0.1, -0.05) is 6.92 Å². The maximum absolute atomic E-state index is 12.5. The second kappa shape index (κ2) is 6.45. The lowest BCUT2D eigenvalue weighted by molar-refractivity contribution is -0.136. The number of nitrogens with zero attached hydrogens (tertiary/aromatic N) is 1. The SMILES string of the molecule is CCS(=O)(=O)C1CSCCN1C(=O)C1CCCNC1. The van der Waals surface area contributed by atoms with Crippen molar-refractivity contribution in [2.24, 2.45) is 5.92 Å². The maximum atomic E-state index is 12.5. The molecule has 110 valence electrons. The van der Waals surface area contributed by atoms with E-state index in [4.69, 9.17) is 0 Å². The number of amides is 1. The highest BCUT2D eigenvalue weighted by atomic mass is 32.2. The summed E-state index contributed by atoms with van der Waals surface area (Å²) in [5.74, 6) is 1.43. The maximum Gasteiger partial charge on any atom is 0.228 e. The molecule has 2 heterocycles. The molecule has 7 heteroatoms. The van der Waals surface area contributed by atoms with Crippen LogP contribution < -0.4 is 5.32 Å². The van der Waals surface area contributed by atoms with Crippen LogP contribution in [0.1, 0.15) is 19.8 Å². The van der Waals surface area contributed by atoms with Crippen LogP contribution in [0.2, 0.25) is 0 Å². The number of carbonyl (C=O) groups excluding carboxylic acids is 1. The zero-order valence-electron chi connectivity index (χ0n) is 11.3. The fourth-order valence-electron chi connectivity index (χ4n) is 2.62. The highest BCUT2D eigenvalue weighted by molar-refractivity contribution is 8.01. The third-order valence-electron chi connectivity index (χ3n) is 3.83. The number of nitrogens with one attached hydrogen (secondary N) is 1. The van der Waals surface area contributed by atoms with Gasteiger partial charge in [0.05, 0.1) is 5.92 Å². The Labute approximate surface area is 119 Å². The molecule has 0 aromatic heterocycles. The smallest absolute Gasteiger partial charge is 0.228 e. The molecule has 2 saturated heterocycles. The topological polar surface area (TPSA) is 66.5 Å². The second-order valence-corrected chi connectivity index (χ2v) is 8.65. The Hall–Kier alpha value is -0.270. The van der Waals surface area contributed by atoms with E-state index in [-0.39, 0.29) is 17.6 Å². The van der Waals surface area contributed by atoms with Gasteiger partial charge >= 0.3 is 0 Å². The number of hydrogen-bond acceptors (Lipinski definition) is 5. The molecule has 5 nitrogen and oxygen atoms in total. The molecule has 19 heavy (non-hydrogen) atoms. The normalized spacial score (nSPS) is 29.2. The van der Waals surface area contributed by atoms with Crippen LogP contribution in [0, 0.1) is 5.92 Å². The fourth-order valence-corrected chi connectivity index (χ4v) is 5.59. The van der Waals surface area contributed by atoms with Crippen molar-refractivity contribution in [3.05, 3.63) is 0 Å². The van der Waals surface area contributed by atoms with Crippen LogP contribution in [0.25, 0.3) is 0 Å². The van der Waals surface area contributed by atoms with Gasteiger partial charge in [-0.25, -0.2) is 8.42 Å². The van der Waals surface area contributed by atoms with Gasteiger partial charge in [0.15, 0.2) is 9.84 Å². The predicted molar refractivity (Wildman–Crippen MR) is 77.9 cm³/mol. The summed E-state index contributed by atoms with van der Waals surface area (Å²) in [4.78, 5) is 14.2. The Morgan fingerprint density at radius 2 is 2.26 bits per heavy atom. The zero-order chi connectivity index (χ0) is 13.9. The molecule has 2 fully saturated rings. The minimum atomic E-state index is -3.19. The van der Waals surface area contributed by atoms with Gasteiger partial charge in [0.2, 0.25) is 5.91 Å². The van der Waals surface area contributed by atoms with Crippen molar-refractivity contribution in [2.75, 3.05) is 36.9 Å². The number of piperidine rings is 1. The monoisotopic (exact) mass is 306 g/mol. The average Bonchev–Trinajstić information content (AvgIpc) is 2.47. The first-order chi connectivity index (χ1) is 9.06. The van der Waals surface area contributed by atoms with E-state index in [1.54, 1.807) is 23.6 Å². The summed E-state index contributed by atoms with van der Waals surface area (Å²) in [5, 5.41) is 2.60. The Morgan fingerprint density at radius 1 is 1.47 bits per heavy atom. The minimum Gasteiger partial charge on any atom is -0.324 e. The van der Waals surface area contributed by atoms with Gasteiger partial charge in [0, 0.05) is 30.3 Å². The molecule has 0 spiro atoms. The van der Waals surface area contributed by atoms with Gasteiger partial charge in [0.25, 0.3) is 0 Å². The first-order valence-electron chi connectivity index (χ1n) is 6.86. The minimum absolute atomic E-state index is 0.0227. The highest BCUT2D eigenvalue weighted by Gasteiger charge is 2.38. The number of sulfone groups is 1. The van der Waals surface area contributed by atoms with E-state index in [9.17, 15) is 13.2 Å². The van der Waals surface area contributed by atoms with E-state index in [1.807, 2.05) is 0 Å². The molecule has 0 saturated carbocycles. The summed E-state index contributed by atoms with van der Waals surface area (Å²) in [6.45, 7) is 3.85. The first kappa shape index (κ1) is 15.1. The Bertz CT molecular complexity index is 419. The van der Waals surface area contributed by atoms with Crippen LogP contribution >= 0.6 is 11.8 Å². The van der Waals surface area contributed by atoms with Crippen molar-refractivity contribution < 1.29 is 13.2 Å². The summed E-state index contributed by atoms with van der Waals surface area (Å²) in [7, 11) is -3.19. The van der Waals surface area contributed by atoms with E-state index < -0.39 is 15.2 Å². The first-order valence-corrected chi connectivity index (χ1v) is 9.73. The van der Waals surface area contributed by atoms with E-state index >= 15 is 0 Å². The molecule has 2 rings (SSSR count). The third kappa shape index (κ3) is 3.44. The van der Waals surface area contributed by atoms with E-state index in [2.05, 4.69) is 5.32 Å². The van der Waals surface area contributed by atoms with Crippen molar-refractivity contribution >= 4 is 27.5 Å². The molecule has 2 aliphatic heterocycles. The van der Waals surface area contributed by atoms with Crippen LogP contribution in [0.3, 0.4) is 0 Å². The van der Waals surface area contributed by atoms with Crippen molar-refractivity contribution in [1.29, 1.82) is 0 Å². The Balaban J connectivity index is 2.12. The molecule has 0 aromatic rings. The van der Waals surface area contributed by atoms with E-state index in [0.29, 0.717) is 18.8 Å². The van der Waals surface area contributed by atoms with Gasteiger partial charge < -0.3 is 10.2 Å². The molecule has 1 amide bonds. The van der Waals surface area contributed by atoms with Gasteiger partial charge in [-0.2, -0.15) is 11.8 Å². The Kier molecular flexibility index (Phi) is 5.14. The van der Waals surface area contributed by atoms with Gasteiger partial charge in [0.1, 0.15) is 5.37 Å². The summed E-state index contributed by atoms with van der Waals surface area (Å²) in [6.07, 6.45) is 1.86. The summed E-state index contributed by atoms with van der Waals surface area (Å²) in [6, 6.07) is 0. The van der Waals surface area contributed by atoms with Crippen molar-refractivity contribution in [2.45, 2.75) is 25.1 Å². The molecule has 1 N–H and O–H groups in total. The lowest BCUT2D eigenvalue weighted by Gasteiger charge is -2.37. The molecular formula is C12H22N2O3S2. The molecule has 0 radical (unpaired) electrons. The fraction of sp³-hybridized carbons (Fsp3) is 0.917. The third-order valence-corrected chi connectivity index (χ3v) is 7.12. The predicted octanol–water partition coefficient (Wildman–Crippen LogP) is 0.322. The number of hydrogen-bond donors (Lipinski definition) is 1. The van der Waals surface area contributed by atoms with E-state index in [1.165, 1.54) is 0 Å². The van der Waals surface area contributed by atoms with Crippen LogP contribution in [-0.2, 0) is 14.6 Å². The van der Waals surface area contributed by atoms with Crippen molar-refractivity contribution in [3.63, 3.8) is 0 Å². The summed E-state index contributed by atoms with van der Waals surface area (Å²) >= 11 is 1.62. The van der Waals surface area contributed by atoms with Gasteiger partial charge in [-0.3, -0.25) is 4.79 Å². The molecule has 2 aliphatic rings. The average molecular weight is 306 g/mol. The quantitative estimate of drug-likeness (QED) is 0.813. The summed E-state index contributed by atoms with van der Waals surface area (Å²) < 4.78 is 24.3. The lowest BCUT2D eigenvalue weighted by atomic mass is 9.98. The highest BCUT2D eigenvalue weighted by Crippen LogP contribution is 2.24. The number of rotatable bonds is 3. The molecule has 2 atom stereocenters. The number of carbonyl (C=O) groups is 1. The molecule has 2 unspecified atom stereocenters. The van der Waals surface area contributed by atoms with Crippen LogP contribution in [-0.4, -0.2) is 61.5 Å². The largest absolute Gasteiger partial charge is 0.324 e. The standard InChI is InChI=1S/C12H22N2O3S2/c1-2-19(16,17)11-9-18-7-6-14(11)12(15)10-4-3-5-13-8-10/h10-11,13H,2-9H2,1H3. The molecule has 0 bridgehead atoms. The van der Waals surface area contributed by atoms with Gasteiger partial charge in [-0.05, 0) is 19.4 Å². The van der Waals surface area contributed by atoms with E-state index in [0.717, 1.165) is 25.1 Å². The second-order valence-electron chi connectivity index (χ2n) is 5.06. The van der Waals surface area contributed by atoms with Gasteiger partial charge in [-0.15, -0.1) is 0 Å². The summed E-state index contributed by atoms with van der Waals surface area (Å²) in [5.41, 5.74) is 0. The number of thioether (sulfide) groups is 1. The lowest BCUT2D eigenvalue weighted by Crippen LogP contribution is -2.54. The van der Waals surface area contributed by atoms with Crippen LogP contribution in [0.4, 0.5) is 0 Å². The Morgan fingerprint density at radius 3 is 2.89 bits per heavy atom. The van der Waals surface area contributed by atoms with Crippen molar-refractivity contribution in [1.82, 2.24) is 10.2 Å². The van der Waals surface area contributed by atoms with Crippen LogP contribution in [0.15, 0.2) is 0 Å². The molecular weight excluding hydrogens is 284 g/mol. The molecule has 0 aliphatic carbocycles. The zero-order valence-corrected chi connectivity index (χ0v) is 12.9.